The summed E-state index contributed by atoms with van der Waals surface area (Å²) in [7, 11) is 0. The van der Waals surface area contributed by atoms with E-state index in [-0.39, 0.29) is 31.1 Å². The second-order valence-electron chi connectivity index (χ2n) is 6.11. The van der Waals surface area contributed by atoms with E-state index in [2.05, 4.69) is 10.4 Å². The Hall–Kier alpha value is -2.85. The normalized spacial score (nSPS) is 17.1. The maximum Gasteiger partial charge on any atom is 0.416 e. The second kappa shape index (κ2) is 7.05. The van der Waals surface area contributed by atoms with E-state index in [4.69, 9.17) is 5.11 Å². The average molecular weight is 390 g/mol. The number of amides is 1. The van der Waals surface area contributed by atoms with Gasteiger partial charge in [0.15, 0.2) is 0 Å². The molecule has 0 saturated carbocycles. The number of carbonyl (C=O) groups is 1. The van der Waals surface area contributed by atoms with Crippen LogP contribution in [0, 0.1) is 5.92 Å². The average Bonchev–Trinajstić information content (AvgIpc) is 3.02. The number of hydrogen-bond donors (Lipinski definition) is 2. The highest BCUT2D eigenvalue weighted by Crippen LogP contribution is 2.38. The predicted octanol–water partition coefficient (Wildman–Crippen LogP) is 3.88. The molecule has 2 aromatic rings. The van der Waals surface area contributed by atoms with Crippen molar-refractivity contribution in [3.05, 3.63) is 41.7 Å². The minimum atomic E-state index is -4.49. The Labute approximate surface area is 150 Å². The summed E-state index contributed by atoms with van der Waals surface area (Å²) in [5.41, 5.74) is 0.115. The standard InChI is InChI=1S/C16H15F5N4O2/c17-14(18)25-12-5-9(6-22-15(26)27)8-24(13(12)7-23-25)11-3-1-10(2-4-11)16(19,20)21/h1-4,7,9,14,22H,5-6,8H2,(H,26,27). The number of nitrogens with zero attached hydrogens (tertiary/aromatic N) is 3. The number of alkyl halides is 5. The van der Waals surface area contributed by atoms with Crippen molar-refractivity contribution in [3.8, 4) is 0 Å². The van der Waals surface area contributed by atoms with E-state index in [0.29, 0.717) is 16.1 Å². The molecule has 1 aliphatic heterocycles. The van der Waals surface area contributed by atoms with Crippen molar-refractivity contribution in [3.63, 3.8) is 0 Å². The zero-order chi connectivity index (χ0) is 19.8. The Balaban J connectivity index is 1.94. The van der Waals surface area contributed by atoms with Crippen LogP contribution in [0.4, 0.5) is 38.1 Å². The first-order valence-corrected chi connectivity index (χ1v) is 7.93. The van der Waals surface area contributed by atoms with Crippen molar-refractivity contribution < 1.29 is 31.9 Å². The van der Waals surface area contributed by atoms with E-state index in [1.165, 1.54) is 18.3 Å². The molecule has 3 rings (SSSR count). The molecule has 11 heteroatoms. The van der Waals surface area contributed by atoms with Crippen LogP contribution in [0.2, 0.25) is 0 Å². The van der Waals surface area contributed by atoms with E-state index in [1.807, 2.05) is 0 Å². The molecule has 0 radical (unpaired) electrons. The van der Waals surface area contributed by atoms with Gasteiger partial charge in [0.1, 0.15) is 0 Å². The van der Waals surface area contributed by atoms with Crippen molar-refractivity contribution in [2.75, 3.05) is 18.0 Å². The Bertz CT molecular complexity index is 819. The van der Waals surface area contributed by atoms with Gasteiger partial charge in [-0.3, -0.25) is 0 Å². The number of hydrogen-bond acceptors (Lipinski definition) is 3. The SMILES string of the molecule is O=C(O)NCC1Cc2c(cnn2C(F)F)N(c2ccc(C(F)(F)F)cc2)C1. The number of rotatable bonds is 4. The van der Waals surface area contributed by atoms with E-state index in [9.17, 15) is 26.7 Å². The first kappa shape index (κ1) is 18.9. The predicted molar refractivity (Wildman–Crippen MR) is 85.2 cm³/mol. The number of carboxylic acid groups (broad SMARTS) is 1. The van der Waals surface area contributed by atoms with Crippen LogP contribution in [0.1, 0.15) is 17.8 Å². The molecule has 1 unspecified atom stereocenters. The quantitative estimate of drug-likeness (QED) is 0.778. The van der Waals surface area contributed by atoms with E-state index >= 15 is 0 Å². The van der Waals surface area contributed by atoms with E-state index < -0.39 is 24.4 Å². The maximum atomic E-state index is 13.2. The molecule has 6 nitrogen and oxygen atoms in total. The lowest BCUT2D eigenvalue weighted by Gasteiger charge is -2.34. The van der Waals surface area contributed by atoms with Gasteiger partial charge in [0.25, 0.3) is 0 Å². The summed E-state index contributed by atoms with van der Waals surface area (Å²) in [5, 5.41) is 14.6. The topological polar surface area (TPSA) is 70.4 Å². The summed E-state index contributed by atoms with van der Waals surface area (Å²) >= 11 is 0. The van der Waals surface area contributed by atoms with Gasteiger partial charge in [-0.25, -0.2) is 9.48 Å². The number of nitrogens with one attached hydrogen (secondary N) is 1. The lowest BCUT2D eigenvalue weighted by molar-refractivity contribution is -0.137. The van der Waals surface area contributed by atoms with Crippen LogP contribution in [0.5, 0.6) is 0 Å². The lowest BCUT2D eigenvalue weighted by Crippen LogP contribution is -2.39. The van der Waals surface area contributed by atoms with Crippen molar-refractivity contribution in [2.45, 2.75) is 19.1 Å². The molecule has 27 heavy (non-hydrogen) atoms. The van der Waals surface area contributed by atoms with Gasteiger partial charge in [-0.1, -0.05) is 0 Å². The smallest absolute Gasteiger partial charge is 0.416 e. The third kappa shape index (κ3) is 3.96. The molecular weight excluding hydrogens is 375 g/mol. The molecule has 0 fully saturated rings. The molecule has 2 N–H and O–H groups in total. The molecule has 1 amide bonds. The van der Waals surface area contributed by atoms with E-state index in [1.54, 1.807) is 4.90 Å². The minimum absolute atomic E-state index is 0.0142. The molecule has 0 spiro atoms. The molecule has 0 aliphatic carbocycles. The van der Waals surface area contributed by atoms with Gasteiger partial charge in [-0.2, -0.15) is 27.1 Å². The Morgan fingerprint density at radius 2 is 1.96 bits per heavy atom. The number of aromatic nitrogens is 2. The van der Waals surface area contributed by atoms with Crippen molar-refractivity contribution in [1.29, 1.82) is 0 Å². The van der Waals surface area contributed by atoms with Crippen LogP contribution in [0.15, 0.2) is 30.5 Å². The summed E-state index contributed by atoms with van der Waals surface area (Å²) in [6, 6.07) is 4.32. The Morgan fingerprint density at radius 3 is 2.52 bits per heavy atom. The van der Waals surface area contributed by atoms with Gasteiger partial charge in [-0.15, -0.1) is 0 Å². The van der Waals surface area contributed by atoms with Crippen LogP contribution in [-0.4, -0.2) is 34.1 Å². The van der Waals surface area contributed by atoms with Gasteiger partial charge in [0, 0.05) is 18.8 Å². The number of anilines is 2. The largest absolute Gasteiger partial charge is 0.465 e. The number of halogens is 5. The third-order valence-electron chi connectivity index (χ3n) is 4.32. The fourth-order valence-corrected chi connectivity index (χ4v) is 3.11. The lowest BCUT2D eigenvalue weighted by atomic mass is 9.96. The summed E-state index contributed by atoms with van der Waals surface area (Å²) < 4.78 is 65.2. The number of fused-ring (bicyclic) bond motifs is 1. The zero-order valence-corrected chi connectivity index (χ0v) is 13.7. The van der Waals surface area contributed by atoms with Gasteiger partial charge < -0.3 is 15.3 Å². The van der Waals surface area contributed by atoms with Gasteiger partial charge in [-0.05, 0) is 36.6 Å². The van der Waals surface area contributed by atoms with Crippen LogP contribution in [-0.2, 0) is 12.6 Å². The Morgan fingerprint density at radius 1 is 1.30 bits per heavy atom. The Kier molecular flexibility index (Phi) is 4.94. The molecule has 0 bridgehead atoms. The highest BCUT2D eigenvalue weighted by molar-refractivity contribution is 5.67. The highest BCUT2D eigenvalue weighted by Gasteiger charge is 2.33. The van der Waals surface area contributed by atoms with Gasteiger partial charge >= 0.3 is 18.8 Å². The molecule has 1 atom stereocenters. The summed E-state index contributed by atoms with van der Waals surface area (Å²) in [6.07, 6.45) is -4.33. The summed E-state index contributed by atoms with van der Waals surface area (Å²) in [5.74, 6) is -0.356. The summed E-state index contributed by atoms with van der Waals surface area (Å²) in [6.45, 7) is -2.62. The first-order chi connectivity index (χ1) is 12.7. The molecule has 1 aromatic heterocycles. The van der Waals surface area contributed by atoms with Crippen LogP contribution in [0.3, 0.4) is 0 Å². The monoisotopic (exact) mass is 390 g/mol. The molecular formula is C16H15F5N4O2. The van der Waals surface area contributed by atoms with Crippen LogP contribution >= 0.6 is 0 Å². The molecule has 1 aliphatic rings. The summed E-state index contributed by atoms with van der Waals surface area (Å²) in [4.78, 5) is 12.3. The van der Waals surface area contributed by atoms with Gasteiger partial charge in [0.2, 0.25) is 0 Å². The van der Waals surface area contributed by atoms with E-state index in [0.717, 1.165) is 12.1 Å². The van der Waals surface area contributed by atoms with Crippen LogP contribution in [0.25, 0.3) is 0 Å². The van der Waals surface area contributed by atoms with Crippen molar-refractivity contribution in [1.82, 2.24) is 15.1 Å². The molecule has 2 heterocycles. The highest BCUT2D eigenvalue weighted by atomic mass is 19.4. The molecule has 146 valence electrons. The fourth-order valence-electron chi connectivity index (χ4n) is 3.11. The zero-order valence-electron chi connectivity index (χ0n) is 13.7. The second-order valence-corrected chi connectivity index (χ2v) is 6.11. The molecule has 0 saturated heterocycles. The third-order valence-corrected chi connectivity index (χ3v) is 4.32. The van der Waals surface area contributed by atoms with Crippen molar-refractivity contribution in [2.24, 2.45) is 5.92 Å². The minimum Gasteiger partial charge on any atom is -0.465 e. The fraction of sp³-hybridized carbons (Fsp3) is 0.375. The van der Waals surface area contributed by atoms with Gasteiger partial charge in [0.05, 0.1) is 23.1 Å². The number of benzene rings is 1. The molecule has 1 aromatic carbocycles. The van der Waals surface area contributed by atoms with Crippen LogP contribution < -0.4 is 10.2 Å². The van der Waals surface area contributed by atoms with Crippen molar-refractivity contribution >= 4 is 17.5 Å². The maximum absolute atomic E-state index is 13.2. The first-order valence-electron chi connectivity index (χ1n) is 7.93.